The highest BCUT2D eigenvalue weighted by Gasteiger charge is 2.41. The summed E-state index contributed by atoms with van der Waals surface area (Å²) in [6.45, 7) is 1.69. The molecule has 0 spiro atoms. The van der Waals surface area contributed by atoms with Crippen LogP contribution >= 0.6 is 39.5 Å². The highest BCUT2D eigenvalue weighted by molar-refractivity contribution is 9.10. The molecule has 126 valence electrons. The van der Waals surface area contributed by atoms with Crippen molar-refractivity contribution < 1.29 is 4.74 Å². The van der Waals surface area contributed by atoms with E-state index in [2.05, 4.69) is 48.6 Å². The van der Waals surface area contributed by atoms with Crippen molar-refractivity contribution >= 4 is 44.6 Å². The molecule has 0 aromatic carbocycles. The normalized spacial score (nSPS) is 26.8. The molecule has 2 fully saturated rings. The van der Waals surface area contributed by atoms with Crippen molar-refractivity contribution in [3.05, 3.63) is 50.9 Å². The minimum absolute atomic E-state index is 0.0608. The van der Waals surface area contributed by atoms with Crippen LogP contribution in [0, 0.1) is 0 Å². The zero-order chi connectivity index (χ0) is 16.5. The number of nitrogens with one attached hydrogen (secondary N) is 1. The lowest BCUT2D eigenvalue weighted by atomic mass is 10.0. The Balaban J connectivity index is 1.67. The molecule has 0 aliphatic carbocycles. The van der Waals surface area contributed by atoms with Gasteiger partial charge in [0.1, 0.15) is 0 Å². The number of nitrogens with zero attached hydrogens (tertiary/aromatic N) is 2. The van der Waals surface area contributed by atoms with Gasteiger partial charge in [-0.1, -0.05) is 6.07 Å². The zero-order valence-electron chi connectivity index (χ0n) is 13.0. The summed E-state index contributed by atoms with van der Waals surface area (Å²) in [5.41, 5.74) is 1.02. The van der Waals surface area contributed by atoms with E-state index in [1.54, 1.807) is 11.3 Å². The molecule has 2 saturated heterocycles. The molecule has 1 N–H and O–H groups in total. The van der Waals surface area contributed by atoms with Gasteiger partial charge in [0.15, 0.2) is 5.11 Å². The lowest BCUT2D eigenvalue weighted by Crippen LogP contribution is -2.36. The van der Waals surface area contributed by atoms with Crippen molar-refractivity contribution in [2.45, 2.75) is 31.0 Å². The Labute approximate surface area is 159 Å². The zero-order valence-corrected chi connectivity index (χ0v) is 16.2. The van der Waals surface area contributed by atoms with Gasteiger partial charge in [0, 0.05) is 34.1 Å². The SMILES string of the molecule is S=C1N[C@@H](c2ccccn2)[C@@H](c2cc(Br)cs2)N1C[C@@H]1CCCO1. The molecule has 2 aliphatic rings. The molecule has 2 aliphatic heterocycles. The second-order valence-corrected chi connectivity index (χ2v) is 8.33. The number of pyridine rings is 1. The van der Waals surface area contributed by atoms with Gasteiger partial charge in [0.25, 0.3) is 0 Å². The third-order valence-corrected chi connectivity index (χ3v) is 6.62. The molecule has 7 heteroatoms. The first kappa shape index (κ1) is 16.4. The monoisotopic (exact) mass is 423 g/mol. The lowest BCUT2D eigenvalue weighted by molar-refractivity contribution is 0.0846. The largest absolute Gasteiger partial charge is 0.376 e. The second kappa shape index (κ2) is 7.07. The first-order valence-corrected chi connectivity index (χ1v) is 10.1. The number of halogens is 1. The second-order valence-electron chi connectivity index (χ2n) is 6.08. The van der Waals surface area contributed by atoms with E-state index in [4.69, 9.17) is 17.0 Å². The molecule has 2 aromatic rings. The predicted octanol–water partition coefficient (Wildman–Crippen LogP) is 4.06. The highest BCUT2D eigenvalue weighted by Crippen LogP contribution is 2.42. The Hall–Kier alpha value is -1.02. The lowest BCUT2D eigenvalue weighted by Gasteiger charge is -2.28. The number of hydrogen-bond acceptors (Lipinski definition) is 4. The summed E-state index contributed by atoms with van der Waals surface area (Å²) in [6, 6.07) is 8.42. The van der Waals surface area contributed by atoms with E-state index in [1.807, 2.05) is 18.3 Å². The fourth-order valence-electron chi connectivity index (χ4n) is 3.40. The molecule has 4 rings (SSSR count). The van der Waals surface area contributed by atoms with E-state index in [-0.39, 0.29) is 18.2 Å². The smallest absolute Gasteiger partial charge is 0.170 e. The van der Waals surface area contributed by atoms with Gasteiger partial charge in [-0.05, 0) is 59.2 Å². The molecular weight excluding hydrogens is 406 g/mol. The summed E-state index contributed by atoms with van der Waals surface area (Å²) in [5, 5.41) is 6.39. The molecule has 24 heavy (non-hydrogen) atoms. The third-order valence-electron chi connectivity index (χ3n) is 4.50. The molecule has 0 radical (unpaired) electrons. The molecule has 2 aromatic heterocycles. The van der Waals surface area contributed by atoms with Crippen molar-refractivity contribution in [2.24, 2.45) is 0 Å². The molecule has 4 nitrogen and oxygen atoms in total. The van der Waals surface area contributed by atoms with Gasteiger partial charge < -0.3 is 15.0 Å². The number of rotatable bonds is 4. The van der Waals surface area contributed by atoms with Gasteiger partial charge in [-0.2, -0.15) is 0 Å². The Kier molecular flexibility index (Phi) is 4.85. The molecule has 0 amide bonds. The van der Waals surface area contributed by atoms with Gasteiger partial charge in [0.2, 0.25) is 0 Å². The molecule has 3 atom stereocenters. The van der Waals surface area contributed by atoms with E-state index < -0.39 is 0 Å². The van der Waals surface area contributed by atoms with Crippen LogP contribution in [0.3, 0.4) is 0 Å². The summed E-state index contributed by atoms with van der Waals surface area (Å²) < 4.78 is 6.95. The van der Waals surface area contributed by atoms with Gasteiger partial charge in [-0.25, -0.2) is 0 Å². The molecule has 0 unspecified atom stereocenters. The summed E-state index contributed by atoms with van der Waals surface area (Å²) in [4.78, 5) is 8.12. The van der Waals surface area contributed by atoms with E-state index in [9.17, 15) is 0 Å². The van der Waals surface area contributed by atoms with Crippen LogP contribution in [0.1, 0.15) is 35.5 Å². The maximum atomic E-state index is 5.84. The van der Waals surface area contributed by atoms with Crippen LogP contribution < -0.4 is 5.32 Å². The maximum Gasteiger partial charge on any atom is 0.170 e. The first-order valence-electron chi connectivity index (χ1n) is 8.06. The van der Waals surface area contributed by atoms with Crippen LogP contribution in [-0.2, 0) is 4.74 Å². The predicted molar refractivity (Wildman–Crippen MR) is 103 cm³/mol. The summed E-state index contributed by atoms with van der Waals surface area (Å²) in [7, 11) is 0. The summed E-state index contributed by atoms with van der Waals surface area (Å²) >= 11 is 11.0. The number of thiocarbonyl (C=S) groups is 1. The van der Waals surface area contributed by atoms with Crippen molar-refractivity contribution in [3.8, 4) is 0 Å². The van der Waals surface area contributed by atoms with E-state index >= 15 is 0 Å². The number of ether oxygens (including phenoxy) is 1. The van der Waals surface area contributed by atoms with Crippen molar-refractivity contribution in [1.82, 2.24) is 15.2 Å². The highest BCUT2D eigenvalue weighted by atomic mass is 79.9. The van der Waals surface area contributed by atoms with E-state index in [0.29, 0.717) is 0 Å². The number of thiophene rings is 1. The Morgan fingerprint density at radius 1 is 1.46 bits per heavy atom. The van der Waals surface area contributed by atoms with Crippen molar-refractivity contribution in [2.75, 3.05) is 13.2 Å². The van der Waals surface area contributed by atoms with Gasteiger partial charge in [-0.3, -0.25) is 4.98 Å². The maximum absolute atomic E-state index is 5.84. The average Bonchev–Trinajstić information content (AvgIpc) is 3.31. The fourth-order valence-corrected chi connectivity index (χ4v) is 5.31. The van der Waals surface area contributed by atoms with Gasteiger partial charge in [-0.15, -0.1) is 11.3 Å². The molecule has 0 bridgehead atoms. The van der Waals surface area contributed by atoms with Crippen LogP contribution in [0.15, 0.2) is 40.3 Å². The summed E-state index contributed by atoms with van der Waals surface area (Å²) in [6.07, 6.45) is 4.34. The fraction of sp³-hybridized carbons (Fsp3) is 0.412. The standard InChI is InChI=1S/C17H18BrN3OS2/c18-11-8-14(24-10-11)16-15(13-5-1-2-6-19-13)20-17(23)21(16)9-12-4-3-7-22-12/h1-2,5-6,8,10,12,15-16H,3-4,7,9H2,(H,20,23)/t12-,15-,16+/m0/s1. The van der Waals surface area contributed by atoms with Gasteiger partial charge in [0.05, 0.1) is 23.9 Å². The number of aromatic nitrogens is 1. The van der Waals surface area contributed by atoms with E-state index in [1.165, 1.54) is 4.88 Å². The average molecular weight is 424 g/mol. The Morgan fingerprint density at radius 3 is 3.04 bits per heavy atom. The van der Waals surface area contributed by atoms with Gasteiger partial charge >= 0.3 is 0 Å². The van der Waals surface area contributed by atoms with Crippen LogP contribution in [0.2, 0.25) is 0 Å². The van der Waals surface area contributed by atoms with E-state index in [0.717, 1.165) is 41.3 Å². The van der Waals surface area contributed by atoms with Crippen LogP contribution in [0.25, 0.3) is 0 Å². The minimum atomic E-state index is 0.0608. The molecular formula is C17H18BrN3OS2. The summed E-state index contributed by atoms with van der Waals surface area (Å²) in [5.74, 6) is 0. The Bertz CT molecular complexity index is 718. The Morgan fingerprint density at radius 2 is 2.38 bits per heavy atom. The van der Waals surface area contributed by atoms with Crippen LogP contribution in [0.5, 0.6) is 0 Å². The molecule has 4 heterocycles. The van der Waals surface area contributed by atoms with Crippen molar-refractivity contribution in [1.29, 1.82) is 0 Å². The minimum Gasteiger partial charge on any atom is -0.376 e. The van der Waals surface area contributed by atoms with Crippen LogP contribution in [0.4, 0.5) is 0 Å². The number of hydrogen-bond donors (Lipinski definition) is 1. The quantitative estimate of drug-likeness (QED) is 0.750. The topological polar surface area (TPSA) is 37.4 Å². The van der Waals surface area contributed by atoms with Crippen LogP contribution in [-0.4, -0.2) is 34.3 Å². The first-order chi connectivity index (χ1) is 11.7. The third kappa shape index (κ3) is 3.22. The van der Waals surface area contributed by atoms with Crippen molar-refractivity contribution in [3.63, 3.8) is 0 Å². The molecule has 0 saturated carbocycles.